The van der Waals surface area contributed by atoms with Gasteiger partial charge in [-0.1, -0.05) is 71.4 Å². The topological polar surface area (TPSA) is 24.7 Å². The number of hydrogen-bond donors (Lipinski definition) is 0. The first-order valence-electron chi connectivity index (χ1n) is 6.62. The summed E-state index contributed by atoms with van der Waals surface area (Å²) in [5.41, 5.74) is 4.77. The Bertz CT molecular complexity index is 667. The van der Waals surface area contributed by atoms with E-state index in [2.05, 4.69) is 67.4 Å². The molecule has 0 spiro atoms. The highest BCUT2D eigenvalue weighted by Crippen LogP contribution is 2.21. The van der Waals surface area contributed by atoms with Gasteiger partial charge in [0.1, 0.15) is 5.04 Å². The average molecular weight is 280 g/mol. The fraction of sp³-hybridized carbons (Fsp3) is 0.176. The highest BCUT2D eigenvalue weighted by molar-refractivity contribution is 8.14. The number of nitrogens with zero attached hydrogens (tertiary/aromatic N) is 2. The van der Waals surface area contributed by atoms with Crippen molar-refractivity contribution in [3.05, 3.63) is 70.8 Å². The molecular weight excluding hydrogens is 264 g/mol. The van der Waals surface area contributed by atoms with Crippen LogP contribution in [0, 0.1) is 13.8 Å². The Kier molecular flexibility index (Phi) is 3.70. The van der Waals surface area contributed by atoms with Crippen molar-refractivity contribution < 1.29 is 0 Å². The summed E-state index contributed by atoms with van der Waals surface area (Å²) in [5, 5.41) is 1.05. The minimum Gasteiger partial charge on any atom is -0.255 e. The lowest BCUT2D eigenvalue weighted by molar-refractivity contribution is 1.32. The molecule has 1 aliphatic rings. The predicted molar refractivity (Wildman–Crippen MR) is 87.9 cm³/mol. The quantitative estimate of drug-likeness (QED) is 0.809. The number of aryl methyl sites for hydroxylation is 2. The van der Waals surface area contributed by atoms with E-state index in [4.69, 9.17) is 4.99 Å². The third kappa shape index (κ3) is 2.83. The Hall–Kier alpha value is -1.87. The minimum absolute atomic E-state index is 0.732. The first kappa shape index (κ1) is 13.1. The molecule has 3 heteroatoms. The SMILES string of the molecule is Cc1ccc(C2=NCSC(c3ccc(C)cc3)=N2)cc1. The first-order chi connectivity index (χ1) is 9.72. The summed E-state index contributed by atoms with van der Waals surface area (Å²) in [6.07, 6.45) is 0. The average Bonchev–Trinajstić information content (AvgIpc) is 2.49. The predicted octanol–water partition coefficient (Wildman–Crippen LogP) is 4.20. The van der Waals surface area contributed by atoms with Crippen LogP contribution >= 0.6 is 11.8 Å². The van der Waals surface area contributed by atoms with Crippen LogP contribution in [0.1, 0.15) is 22.3 Å². The summed E-state index contributed by atoms with van der Waals surface area (Å²) in [5.74, 6) is 1.56. The number of aliphatic imine (C=N–C) groups is 2. The van der Waals surface area contributed by atoms with Gasteiger partial charge in [0.2, 0.25) is 0 Å². The lowest BCUT2D eigenvalue weighted by Crippen LogP contribution is -2.09. The van der Waals surface area contributed by atoms with E-state index in [-0.39, 0.29) is 0 Å². The Morgan fingerprint density at radius 2 is 1.35 bits per heavy atom. The summed E-state index contributed by atoms with van der Waals surface area (Å²) < 4.78 is 0. The normalized spacial score (nSPS) is 14.7. The number of rotatable bonds is 2. The highest BCUT2D eigenvalue weighted by atomic mass is 32.2. The van der Waals surface area contributed by atoms with Crippen molar-refractivity contribution in [2.24, 2.45) is 9.98 Å². The molecule has 3 rings (SSSR count). The van der Waals surface area contributed by atoms with Gasteiger partial charge in [0.15, 0.2) is 5.84 Å². The van der Waals surface area contributed by atoms with Crippen LogP contribution in [-0.4, -0.2) is 16.8 Å². The van der Waals surface area contributed by atoms with Gasteiger partial charge in [0.05, 0.1) is 5.88 Å². The third-order valence-electron chi connectivity index (χ3n) is 3.23. The molecule has 2 aromatic rings. The first-order valence-corrected chi connectivity index (χ1v) is 7.61. The zero-order valence-electron chi connectivity index (χ0n) is 11.6. The lowest BCUT2D eigenvalue weighted by Gasteiger charge is -2.12. The van der Waals surface area contributed by atoms with Crippen molar-refractivity contribution in [2.75, 3.05) is 5.88 Å². The molecule has 0 saturated carbocycles. The maximum absolute atomic E-state index is 4.71. The smallest absolute Gasteiger partial charge is 0.156 e. The molecule has 0 unspecified atom stereocenters. The van der Waals surface area contributed by atoms with Crippen molar-refractivity contribution >= 4 is 22.6 Å². The molecule has 2 aromatic carbocycles. The molecule has 0 N–H and O–H groups in total. The van der Waals surface area contributed by atoms with Crippen molar-refractivity contribution in [1.29, 1.82) is 0 Å². The van der Waals surface area contributed by atoms with Gasteiger partial charge in [-0.05, 0) is 13.8 Å². The highest BCUT2D eigenvalue weighted by Gasteiger charge is 2.12. The van der Waals surface area contributed by atoms with Crippen LogP contribution in [0.3, 0.4) is 0 Å². The van der Waals surface area contributed by atoms with Gasteiger partial charge in [0, 0.05) is 11.1 Å². The van der Waals surface area contributed by atoms with E-state index in [1.165, 1.54) is 16.7 Å². The zero-order chi connectivity index (χ0) is 13.9. The molecule has 0 radical (unpaired) electrons. The van der Waals surface area contributed by atoms with Crippen LogP contribution in [0.15, 0.2) is 58.5 Å². The molecule has 0 atom stereocenters. The van der Waals surface area contributed by atoms with E-state index >= 15 is 0 Å². The zero-order valence-corrected chi connectivity index (χ0v) is 12.4. The van der Waals surface area contributed by atoms with Gasteiger partial charge in [0.25, 0.3) is 0 Å². The third-order valence-corrected chi connectivity index (χ3v) is 4.09. The standard InChI is InChI=1S/C17H16N2S/c1-12-3-7-14(8-4-12)16-18-11-20-17(19-16)15-9-5-13(2)6-10-15/h3-10H,11H2,1-2H3. The summed E-state index contributed by atoms with van der Waals surface area (Å²) in [6, 6.07) is 16.9. The summed E-state index contributed by atoms with van der Waals surface area (Å²) in [4.78, 5) is 9.23. The minimum atomic E-state index is 0.732. The molecule has 1 heterocycles. The van der Waals surface area contributed by atoms with Gasteiger partial charge in [-0.25, -0.2) is 4.99 Å². The van der Waals surface area contributed by atoms with Crippen molar-refractivity contribution in [2.45, 2.75) is 13.8 Å². The van der Waals surface area contributed by atoms with Crippen molar-refractivity contribution in [1.82, 2.24) is 0 Å². The second-order valence-corrected chi connectivity index (χ2v) is 5.84. The molecule has 0 amide bonds. The van der Waals surface area contributed by atoms with E-state index in [9.17, 15) is 0 Å². The van der Waals surface area contributed by atoms with E-state index < -0.39 is 0 Å². The largest absolute Gasteiger partial charge is 0.255 e. The molecule has 0 saturated heterocycles. The summed E-state index contributed by atoms with van der Waals surface area (Å²) in [7, 11) is 0. The number of thioether (sulfide) groups is 1. The van der Waals surface area contributed by atoms with Crippen LogP contribution in [0.4, 0.5) is 0 Å². The molecule has 0 bridgehead atoms. The van der Waals surface area contributed by atoms with Gasteiger partial charge in [-0.2, -0.15) is 0 Å². The molecule has 0 aromatic heterocycles. The van der Waals surface area contributed by atoms with Crippen LogP contribution < -0.4 is 0 Å². The molecular formula is C17H16N2S. The van der Waals surface area contributed by atoms with Crippen LogP contribution in [-0.2, 0) is 0 Å². The van der Waals surface area contributed by atoms with Crippen molar-refractivity contribution in [3.8, 4) is 0 Å². The molecule has 2 nitrogen and oxygen atoms in total. The lowest BCUT2D eigenvalue weighted by atomic mass is 10.1. The fourth-order valence-electron chi connectivity index (χ4n) is 2.02. The summed E-state index contributed by atoms with van der Waals surface area (Å²) in [6.45, 7) is 4.18. The van der Waals surface area contributed by atoms with E-state index in [0.717, 1.165) is 22.3 Å². The summed E-state index contributed by atoms with van der Waals surface area (Å²) >= 11 is 1.69. The molecule has 100 valence electrons. The van der Waals surface area contributed by atoms with Crippen molar-refractivity contribution in [3.63, 3.8) is 0 Å². The molecule has 20 heavy (non-hydrogen) atoms. The van der Waals surface area contributed by atoms with Crippen LogP contribution in [0.25, 0.3) is 0 Å². The van der Waals surface area contributed by atoms with E-state index in [1.54, 1.807) is 11.8 Å². The molecule has 0 aliphatic carbocycles. The van der Waals surface area contributed by atoms with Gasteiger partial charge in [-0.3, -0.25) is 4.99 Å². The Morgan fingerprint density at radius 1 is 0.800 bits per heavy atom. The monoisotopic (exact) mass is 280 g/mol. The van der Waals surface area contributed by atoms with Gasteiger partial charge >= 0.3 is 0 Å². The number of amidine groups is 1. The fourth-order valence-corrected chi connectivity index (χ4v) is 2.78. The van der Waals surface area contributed by atoms with Gasteiger partial charge in [-0.15, -0.1) is 0 Å². The second-order valence-electron chi connectivity index (χ2n) is 4.90. The Balaban J connectivity index is 1.92. The van der Waals surface area contributed by atoms with E-state index in [1.807, 2.05) is 0 Å². The van der Waals surface area contributed by atoms with Crippen LogP contribution in [0.2, 0.25) is 0 Å². The van der Waals surface area contributed by atoms with Gasteiger partial charge < -0.3 is 0 Å². The van der Waals surface area contributed by atoms with E-state index in [0.29, 0.717) is 0 Å². The van der Waals surface area contributed by atoms with Crippen LogP contribution in [0.5, 0.6) is 0 Å². The molecule has 1 aliphatic heterocycles. The maximum Gasteiger partial charge on any atom is 0.156 e. The Morgan fingerprint density at radius 3 is 1.95 bits per heavy atom. The Labute approximate surface area is 123 Å². The number of hydrogen-bond acceptors (Lipinski definition) is 3. The second kappa shape index (κ2) is 5.63. The molecule has 0 fully saturated rings. The maximum atomic E-state index is 4.71. The number of benzene rings is 2.